The first-order valence-electron chi connectivity index (χ1n) is 7.08. The van der Waals surface area contributed by atoms with Crippen LogP contribution in [-0.2, 0) is 11.2 Å². The van der Waals surface area contributed by atoms with E-state index in [4.69, 9.17) is 10.1 Å². The lowest BCUT2D eigenvalue weighted by atomic mass is 9.85. The minimum absolute atomic E-state index is 0.137. The Labute approximate surface area is 133 Å². The van der Waals surface area contributed by atoms with E-state index in [0.29, 0.717) is 6.42 Å². The van der Waals surface area contributed by atoms with Crippen LogP contribution in [0.4, 0.5) is 0 Å². The van der Waals surface area contributed by atoms with E-state index in [1.807, 2.05) is 26.0 Å². The van der Waals surface area contributed by atoms with E-state index >= 15 is 0 Å². The number of rotatable bonds is 5. The normalized spacial score (nSPS) is 12.3. The number of carbonyl (C=O) groups is 1. The zero-order valence-electron chi connectivity index (χ0n) is 12.9. The van der Waals surface area contributed by atoms with Crippen molar-refractivity contribution < 1.29 is 9.90 Å². The van der Waals surface area contributed by atoms with Crippen LogP contribution in [0.1, 0.15) is 46.0 Å². The average Bonchev–Trinajstić information content (AvgIpc) is 2.62. The molecule has 1 heterocycles. The molecule has 114 valence electrons. The zero-order valence-corrected chi connectivity index (χ0v) is 14.4. The Bertz CT molecular complexity index is 674. The summed E-state index contributed by atoms with van der Waals surface area (Å²) in [5.74, 6) is 0.180. The lowest BCUT2D eigenvalue weighted by Gasteiger charge is -2.23. The number of hydrogen-bond donors (Lipinski definition) is 1. The van der Waals surface area contributed by atoms with Gasteiger partial charge in [-0.1, -0.05) is 29.8 Å². The molecule has 21 heavy (non-hydrogen) atoms. The van der Waals surface area contributed by atoms with E-state index in [-0.39, 0.29) is 17.9 Å². The minimum Gasteiger partial charge on any atom is -0.481 e. The molecule has 1 aromatic carbocycles. The molecule has 0 bridgehead atoms. The van der Waals surface area contributed by atoms with Gasteiger partial charge in [0, 0.05) is 16.9 Å². The van der Waals surface area contributed by atoms with Gasteiger partial charge in [-0.3, -0.25) is 4.79 Å². The monoisotopic (exact) mass is 352 g/mol. The third-order valence-corrected chi connectivity index (χ3v) is 4.00. The maximum Gasteiger partial charge on any atom is 0.303 e. The Morgan fingerprint density at radius 2 is 2.10 bits per heavy atom. The third-order valence-electron chi connectivity index (χ3n) is 3.51. The summed E-state index contributed by atoms with van der Waals surface area (Å²) in [7, 11) is 0. The zero-order chi connectivity index (χ0) is 15.8. The molecule has 5 heteroatoms. The van der Waals surface area contributed by atoms with Gasteiger partial charge in [0.2, 0.25) is 0 Å². The van der Waals surface area contributed by atoms with Gasteiger partial charge in [-0.15, -0.1) is 0 Å². The molecule has 0 radical (unpaired) electrons. The van der Waals surface area contributed by atoms with Crippen LogP contribution in [0, 0.1) is 5.41 Å². The van der Waals surface area contributed by atoms with Crippen molar-refractivity contribution in [1.29, 1.82) is 0 Å². The van der Waals surface area contributed by atoms with Crippen molar-refractivity contribution in [2.45, 2.75) is 46.6 Å². The molecule has 0 saturated heterocycles. The third kappa shape index (κ3) is 3.64. The van der Waals surface area contributed by atoms with Gasteiger partial charge in [-0.25, -0.2) is 4.98 Å². The van der Waals surface area contributed by atoms with Gasteiger partial charge < -0.3 is 9.67 Å². The Morgan fingerprint density at radius 1 is 1.43 bits per heavy atom. The van der Waals surface area contributed by atoms with E-state index in [0.717, 1.165) is 21.3 Å². The Balaban J connectivity index is 2.48. The van der Waals surface area contributed by atoms with E-state index in [9.17, 15) is 4.79 Å². The molecule has 1 N–H and O–H groups in total. The lowest BCUT2D eigenvalue weighted by Crippen LogP contribution is -2.22. The summed E-state index contributed by atoms with van der Waals surface area (Å²) in [4.78, 5) is 15.7. The predicted molar refractivity (Wildman–Crippen MR) is 87.6 cm³/mol. The fraction of sp³-hybridized carbons (Fsp3) is 0.500. The average molecular weight is 353 g/mol. The van der Waals surface area contributed by atoms with Gasteiger partial charge in [-0.2, -0.15) is 0 Å². The highest BCUT2D eigenvalue weighted by molar-refractivity contribution is 9.10. The molecule has 0 fully saturated rings. The van der Waals surface area contributed by atoms with Gasteiger partial charge in [-0.05, 0) is 37.5 Å². The molecule has 2 rings (SSSR count). The number of carboxylic acid groups (broad SMARTS) is 1. The second-order valence-corrected chi connectivity index (χ2v) is 7.45. The number of imidazole rings is 1. The van der Waals surface area contributed by atoms with Crippen LogP contribution < -0.4 is 0 Å². The maximum atomic E-state index is 11.0. The topological polar surface area (TPSA) is 55.1 Å². The summed E-state index contributed by atoms with van der Waals surface area (Å²) in [5, 5.41) is 9.05. The van der Waals surface area contributed by atoms with E-state index < -0.39 is 5.97 Å². The highest BCUT2D eigenvalue weighted by atomic mass is 79.9. The quantitative estimate of drug-likeness (QED) is 0.866. The summed E-state index contributed by atoms with van der Waals surface area (Å²) in [6, 6.07) is 6.35. The van der Waals surface area contributed by atoms with Crippen molar-refractivity contribution >= 4 is 32.9 Å². The van der Waals surface area contributed by atoms with Crippen LogP contribution in [-0.4, -0.2) is 20.6 Å². The van der Waals surface area contributed by atoms with Crippen molar-refractivity contribution in [3.05, 3.63) is 28.5 Å². The molecule has 0 aliphatic carbocycles. The highest BCUT2D eigenvalue weighted by Gasteiger charge is 2.26. The number of aromatic nitrogens is 2. The lowest BCUT2D eigenvalue weighted by molar-refractivity contribution is -0.139. The van der Waals surface area contributed by atoms with E-state index in [1.54, 1.807) is 0 Å². The second kappa shape index (κ2) is 5.79. The Morgan fingerprint density at radius 3 is 2.67 bits per heavy atom. The van der Waals surface area contributed by atoms with Gasteiger partial charge in [0.1, 0.15) is 5.82 Å². The molecule has 0 aliphatic rings. The number of nitrogens with zero attached hydrogens (tertiary/aromatic N) is 2. The van der Waals surface area contributed by atoms with Crippen LogP contribution >= 0.6 is 15.9 Å². The van der Waals surface area contributed by atoms with Gasteiger partial charge in [0.15, 0.2) is 0 Å². The van der Waals surface area contributed by atoms with Crippen LogP contribution in [0.3, 0.4) is 0 Å². The summed E-state index contributed by atoms with van der Waals surface area (Å²) >= 11 is 3.47. The molecule has 0 atom stereocenters. The van der Waals surface area contributed by atoms with Crippen molar-refractivity contribution in [2.75, 3.05) is 0 Å². The fourth-order valence-electron chi connectivity index (χ4n) is 2.72. The summed E-state index contributed by atoms with van der Waals surface area (Å²) in [6.07, 6.45) is 0.780. The van der Waals surface area contributed by atoms with Crippen LogP contribution in [0.25, 0.3) is 11.0 Å². The van der Waals surface area contributed by atoms with Gasteiger partial charge in [0.05, 0.1) is 17.5 Å². The molecule has 0 amide bonds. The first-order chi connectivity index (χ1) is 9.69. The van der Waals surface area contributed by atoms with Crippen molar-refractivity contribution in [3.8, 4) is 0 Å². The summed E-state index contributed by atoms with van der Waals surface area (Å²) in [6.45, 7) is 8.19. The molecule has 2 aromatic rings. The smallest absolute Gasteiger partial charge is 0.303 e. The molecular weight excluding hydrogens is 332 g/mol. The van der Waals surface area contributed by atoms with Crippen LogP contribution in [0.15, 0.2) is 22.7 Å². The predicted octanol–water partition coefficient (Wildman–Crippen LogP) is 4.42. The molecule has 0 saturated carbocycles. The number of halogens is 1. The van der Waals surface area contributed by atoms with Crippen molar-refractivity contribution in [1.82, 2.24) is 9.55 Å². The number of benzene rings is 1. The summed E-state index contributed by atoms with van der Waals surface area (Å²) < 4.78 is 3.20. The Kier molecular flexibility index (Phi) is 4.42. The molecule has 1 aromatic heterocycles. The largest absolute Gasteiger partial charge is 0.481 e. The van der Waals surface area contributed by atoms with Crippen LogP contribution in [0.2, 0.25) is 0 Å². The fourth-order valence-corrected chi connectivity index (χ4v) is 3.07. The molecular formula is C16H21BrN2O2. The van der Waals surface area contributed by atoms with E-state index in [2.05, 4.69) is 40.4 Å². The van der Waals surface area contributed by atoms with Gasteiger partial charge >= 0.3 is 5.97 Å². The first-order valence-corrected chi connectivity index (χ1v) is 7.87. The second-order valence-electron chi connectivity index (χ2n) is 6.54. The molecule has 4 nitrogen and oxygen atoms in total. The SMILES string of the molecule is CC(C)n1c(CC(C)(C)CC(=O)O)nc2cc(Br)ccc21. The number of hydrogen-bond acceptors (Lipinski definition) is 2. The first kappa shape index (κ1) is 16.0. The minimum atomic E-state index is -0.769. The van der Waals surface area contributed by atoms with Gasteiger partial charge in [0.25, 0.3) is 0 Å². The molecule has 0 unspecified atom stereocenters. The van der Waals surface area contributed by atoms with Crippen molar-refractivity contribution in [3.63, 3.8) is 0 Å². The molecule has 0 aliphatic heterocycles. The number of carboxylic acids is 1. The van der Waals surface area contributed by atoms with E-state index in [1.165, 1.54) is 0 Å². The highest BCUT2D eigenvalue weighted by Crippen LogP contribution is 2.30. The maximum absolute atomic E-state index is 11.0. The summed E-state index contributed by atoms with van der Waals surface area (Å²) in [5.41, 5.74) is 1.71. The Hall–Kier alpha value is -1.36. The van der Waals surface area contributed by atoms with Crippen LogP contribution in [0.5, 0.6) is 0 Å². The standard InChI is InChI=1S/C16H21BrN2O2/c1-10(2)19-13-6-5-11(17)7-12(13)18-14(19)8-16(3,4)9-15(20)21/h5-7,10H,8-9H2,1-4H3,(H,20,21). The number of aliphatic carboxylic acids is 1. The number of fused-ring (bicyclic) bond motifs is 1. The molecule has 0 spiro atoms. The van der Waals surface area contributed by atoms with Crippen molar-refractivity contribution in [2.24, 2.45) is 5.41 Å².